The Morgan fingerprint density at radius 3 is 2.17 bits per heavy atom. The van der Waals surface area contributed by atoms with Crippen LogP contribution >= 0.6 is 0 Å². The molecule has 2 atom stereocenters. The van der Waals surface area contributed by atoms with E-state index in [1.165, 1.54) is 0 Å². The lowest BCUT2D eigenvalue weighted by Gasteiger charge is -2.24. The van der Waals surface area contributed by atoms with Gasteiger partial charge in [-0.15, -0.1) is 0 Å². The van der Waals surface area contributed by atoms with Gasteiger partial charge < -0.3 is 0 Å². The summed E-state index contributed by atoms with van der Waals surface area (Å²) in [4.78, 5) is 0. The molecule has 0 heterocycles. The molecule has 2 unspecified atom stereocenters. The molecule has 3 nitrogen and oxygen atoms in total. The molecule has 0 saturated heterocycles. The van der Waals surface area contributed by atoms with Crippen molar-refractivity contribution in [3.05, 3.63) is 0 Å². The highest BCUT2D eigenvalue weighted by atomic mass is 32.2. The van der Waals surface area contributed by atoms with E-state index in [4.69, 9.17) is 4.55 Å². The molecular formula is C8H19NO2S. The van der Waals surface area contributed by atoms with E-state index in [0.29, 0.717) is 12.5 Å². The van der Waals surface area contributed by atoms with E-state index >= 15 is 0 Å². The zero-order valence-corrected chi connectivity index (χ0v) is 9.10. The lowest BCUT2D eigenvalue weighted by molar-refractivity contribution is 0.301. The van der Waals surface area contributed by atoms with E-state index in [0.717, 1.165) is 6.42 Å². The minimum absolute atomic E-state index is 0.181. The van der Waals surface area contributed by atoms with Crippen molar-refractivity contribution in [3.8, 4) is 0 Å². The first-order chi connectivity index (χ1) is 5.49. The van der Waals surface area contributed by atoms with Crippen LogP contribution in [0, 0.1) is 5.92 Å². The average molecular weight is 193 g/mol. The highest BCUT2D eigenvalue weighted by Gasteiger charge is 2.17. The van der Waals surface area contributed by atoms with Crippen molar-refractivity contribution < 1.29 is 8.76 Å². The van der Waals surface area contributed by atoms with Crippen LogP contribution in [-0.2, 0) is 11.3 Å². The van der Waals surface area contributed by atoms with Gasteiger partial charge in [-0.25, -0.2) is 4.21 Å². The van der Waals surface area contributed by atoms with Crippen LogP contribution < -0.4 is 0 Å². The summed E-state index contributed by atoms with van der Waals surface area (Å²) in [5, 5.41) is 0. The number of hydrogen-bond donors (Lipinski definition) is 1. The maximum Gasteiger partial charge on any atom is 0.234 e. The maximum atomic E-state index is 10.8. The zero-order valence-electron chi connectivity index (χ0n) is 8.28. The zero-order chi connectivity index (χ0) is 9.72. The molecule has 12 heavy (non-hydrogen) atoms. The van der Waals surface area contributed by atoms with E-state index in [1.54, 1.807) is 4.31 Å². The first-order valence-corrected chi connectivity index (χ1v) is 5.43. The summed E-state index contributed by atoms with van der Waals surface area (Å²) in [5.41, 5.74) is 0. The van der Waals surface area contributed by atoms with Crippen molar-refractivity contribution in [1.29, 1.82) is 0 Å². The van der Waals surface area contributed by atoms with Crippen LogP contribution in [0.5, 0.6) is 0 Å². The fourth-order valence-electron chi connectivity index (χ4n) is 1.38. The van der Waals surface area contributed by atoms with Gasteiger partial charge in [0.15, 0.2) is 0 Å². The minimum Gasteiger partial charge on any atom is -0.294 e. The van der Waals surface area contributed by atoms with Gasteiger partial charge in [-0.1, -0.05) is 20.8 Å². The Kier molecular flexibility index (Phi) is 5.70. The van der Waals surface area contributed by atoms with Crippen molar-refractivity contribution in [2.75, 3.05) is 6.54 Å². The normalized spacial score (nSPS) is 16.9. The Morgan fingerprint density at radius 2 is 1.92 bits per heavy atom. The molecule has 0 saturated carbocycles. The summed E-state index contributed by atoms with van der Waals surface area (Å²) >= 11 is -1.82. The maximum absolute atomic E-state index is 10.8. The summed E-state index contributed by atoms with van der Waals surface area (Å²) < 4.78 is 21.3. The average Bonchev–Trinajstić information content (AvgIpc) is 1.85. The molecule has 0 aliphatic carbocycles. The van der Waals surface area contributed by atoms with Crippen LogP contribution in [0.1, 0.15) is 34.1 Å². The van der Waals surface area contributed by atoms with Crippen LogP contribution in [0.2, 0.25) is 0 Å². The van der Waals surface area contributed by atoms with Gasteiger partial charge in [0.2, 0.25) is 11.3 Å². The molecule has 1 N–H and O–H groups in total. The fraction of sp³-hybridized carbons (Fsp3) is 1.00. The van der Waals surface area contributed by atoms with Crippen molar-refractivity contribution in [3.63, 3.8) is 0 Å². The van der Waals surface area contributed by atoms with Gasteiger partial charge in [-0.2, -0.15) is 4.31 Å². The molecule has 0 fully saturated rings. The van der Waals surface area contributed by atoms with Gasteiger partial charge in [0.1, 0.15) is 0 Å². The molecule has 0 aromatic heterocycles. The molecule has 0 spiro atoms. The highest BCUT2D eigenvalue weighted by molar-refractivity contribution is 7.76. The Morgan fingerprint density at radius 1 is 1.42 bits per heavy atom. The second-order valence-corrected chi connectivity index (χ2v) is 4.37. The van der Waals surface area contributed by atoms with Crippen molar-refractivity contribution in [2.45, 2.75) is 40.2 Å². The standard InChI is InChI=1S/C8H19NO2S/c1-5-9(12(10)11)8(4)6-7(2)3/h7-8H,5-6H2,1-4H3,(H,10,11). The van der Waals surface area contributed by atoms with E-state index < -0.39 is 11.3 Å². The summed E-state index contributed by atoms with van der Waals surface area (Å²) in [6, 6.07) is 0.181. The summed E-state index contributed by atoms with van der Waals surface area (Å²) in [7, 11) is 0. The Hall–Kier alpha value is 0.0700. The second-order valence-electron chi connectivity index (χ2n) is 3.44. The van der Waals surface area contributed by atoms with Crippen LogP contribution in [0.3, 0.4) is 0 Å². The smallest absolute Gasteiger partial charge is 0.234 e. The van der Waals surface area contributed by atoms with Crippen molar-refractivity contribution in [1.82, 2.24) is 4.31 Å². The lowest BCUT2D eigenvalue weighted by Crippen LogP contribution is -2.35. The molecule has 0 radical (unpaired) electrons. The number of rotatable bonds is 5. The highest BCUT2D eigenvalue weighted by Crippen LogP contribution is 2.11. The molecular weight excluding hydrogens is 174 g/mol. The molecule has 0 rings (SSSR count). The third-order valence-electron chi connectivity index (χ3n) is 1.82. The first kappa shape index (κ1) is 12.1. The molecule has 74 valence electrons. The van der Waals surface area contributed by atoms with Crippen LogP contribution in [0.25, 0.3) is 0 Å². The van der Waals surface area contributed by atoms with E-state index in [2.05, 4.69) is 13.8 Å². The largest absolute Gasteiger partial charge is 0.294 e. The molecule has 4 heteroatoms. The van der Waals surface area contributed by atoms with Crippen molar-refractivity contribution >= 4 is 11.3 Å². The SMILES string of the molecule is CCN(C(C)CC(C)C)S(=O)O. The third kappa shape index (κ3) is 4.18. The second kappa shape index (κ2) is 5.67. The molecule has 0 bridgehead atoms. The lowest BCUT2D eigenvalue weighted by atomic mass is 10.1. The summed E-state index contributed by atoms with van der Waals surface area (Å²) in [6.45, 7) is 8.73. The first-order valence-electron chi connectivity index (χ1n) is 4.36. The van der Waals surface area contributed by atoms with E-state index in [-0.39, 0.29) is 6.04 Å². The van der Waals surface area contributed by atoms with Gasteiger partial charge in [-0.05, 0) is 19.3 Å². The third-order valence-corrected chi connectivity index (χ3v) is 2.84. The van der Waals surface area contributed by atoms with Crippen LogP contribution in [0.15, 0.2) is 0 Å². The Bertz CT molecular complexity index is 150. The number of hydrogen-bond acceptors (Lipinski definition) is 1. The van der Waals surface area contributed by atoms with Crippen LogP contribution in [0.4, 0.5) is 0 Å². The quantitative estimate of drug-likeness (QED) is 0.677. The van der Waals surface area contributed by atoms with Crippen LogP contribution in [-0.4, -0.2) is 25.7 Å². The molecule has 0 amide bonds. The van der Waals surface area contributed by atoms with E-state index in [9.17, 15) is 4.21 Å². The monoisotopic (exact) mass is 193 g/mol. The molecule has 0 aromatic rings. The summed E-state index contributed by atoms with van der Waals surface area (Å²) in [5.74, 6) is 0.567. The van der Waals surface area contributed by atoms with Gasteiger partial charge in [0.05, 0.1) is 0 Å². The van der Waals surface area contributed by atoms with Gasteiger partial charge in [-0.3, -0.25) is 4.55 Å². The van der Waals surface area contributed by atoms with Gasteiger partial charge in [0, 0.05) is 12.6 Å². The fourth-order valence-corrected chi connectivity index (χ4v) is 1.99. The topological polar surface area (TPSA) is 40.5 Å². The van der Waals surface area contributed by atoms with Crippen molar-refractivity contribution in [2.24, 2.45) is 5.92 Å². The van der Waals surface area contributed by atoms with Gasteiger partial charge >= 0.3 is 0 Å². The molecule has 0 aromatic carbocycles. The molecule has 0 aliphatic rings. The Balaban J connectivity index is 4.02. The molecule has 0 aliphatic heterocycles. The number of nitrogens with zero attached hydrogens (tertiary/aromatic N) is 1. The van der Waals surface area contributed by atoms with E-state index in [1.807, 2.05) is 13.8 Å². The minimum atomic E-state index is -1.82. The predicted octanol–water partition coefficient (Wildman–Crippen LogP) is 1.88. The Labute approximate surface area is 77.6 Å². The van der Waals surface area contributed by atoms with Gasteiger partial charge in [0.25, 0.3) is 0 Å². The predicted molar refractivity (Wildman–Crippen MR) is 52.1 cm³/mol. The summed E-state index contributed by atoms with van der Waals surface area (Å²) in [6.07, 6.45) is 0.958.